The van der Waals surface area contributed by atoms with E-state index in [1.807, 2.05) is 50.2 Å². The van der Waals surface area contributed by atoms with Crippen molar-refractivity contribution in [1.29, 1.82) is 0 Å². The number of aryl methyl sites for hydroxylation is 2. The van der Waals surface area contributed by atoms with E-state index in [-0.39, 0.29) is 0 Å². The number of hydrogen-bond donors (Lipinski definition) is 0. The van der Waals surface area contributed by atoms with E-state index in [0.29, 0.717) is 5.82 Å². The first kappa shape index (κ1) is 30.7. The van der Waals surface area contributed by atoms with Crippen molar-refractivity contribution in [3.05, 3.63) is 176 Å². The third-order valence-corrected chi connectivity index (χ3v) is 8.77. The molecule has 0 N–H and O–H groups in total. The van der Waals surface area contributed by atoms with Gasteiger partial charge in [-0.1, -0.05) is 109 Å². The van der Waals surface area contributed by atoms with Gasteiger partial charge >= 0.3 is 0 Å². The Bertz CT molecular complexity index is 2330. The Morgan fingerprint density at radius 2 is 0.780 bits per heavy atom. The van der Waals surface area contributed by atoms with Crippen molar-refractivity contribution in [2.24, 2.45) is 0 Å². The zero-order valence-corrected chi connectivity index (χ0v) is 27.8. The largest absolute Gasteiger partial charge is 0.261 e. The van der Waals surface area contributed by atoms with E-state index in [1.165, 1.54) is 5.56 Å². The molecule has 0 fully saturated rings. The van der Waals surface area contributed by atoms with Gasteiger partial charge in [0.1, 0.15) is 0 Å². The van der Waals surface area contributed by atoms with E-state index in [1.54, 1.807) is 18.6 Å². The molecule has 5 heteroatoms. The van der Waals surface area contributed by atoms with Crippen molar-refractivity contribution in [3.8, 4) is 78.5 Å². The van der Waals surface area contributed by atoms with Gasteiger partial charge in [0, 0.05) is 46.0 Å². The summed E-state index contributed by atoms with van der Waals surface area (Å²) in [6.07, 6.45) is 5.19. The lowest BCUT2D eigenvalue weighted by molar-refractivity contribution is 1.12. The number of rotatable bonds is 7. The average molecular weight is 644 g/mol. The van der Waals surface area contributed by atoms with Crippen LogP contribution in [0.3, 0.4) is 0 Å². The van der Waals surface area contributed by atoms with E-state index in [4.69, 9.17) is 9.97 Å². The number of aromatic nitrogens is 5. The van der Waals surface area contributed by atoms with Crippen molar-refractivity contribution in [2.75, 3.05) is 0 Å². The molecule has 3 aromatic heterocycles. The zero-order valence-electron chi connectivity index (χ0n) is 27.8. The van der Waals surface area contributed by atoms with Gasteiger partial charge in [0.2, 0.25) is 0 Å². The lowest BCUT2D eigenvalue weighted by Crippen LogP contribution is -1.97. The topological polar surface area (TPSA) is 64.5 Å². The van der Waals surface area contributed by atoms with Gasteiger partial charge in [0.15, 0.2) is 5.82 Å². The summed E-state index contributed by atoms with van der Waals surface area (Å²) in [6.45, 7) is 4.07. The second kappa shape index (κ2) is 13.5. The predicted octanol–water partition coefficient (Wildman–Crippen LogP) is 10.9. The van der Waals surface area contributed by atoms with Gasteiger partial charge in [-0.05, 0) is 83.6 Å². The molecule has 0 atom stereocenters. The Morgan fingerprint density at radius 1 is 0.340 bits per heavy atom. The lowest BCUT2D eigenvalue weighted by atomic mass is 9.94. The molecule has 0 aliphatic rings. The van der Waals surface area contributed by atoms with E-state index < -0.39 is 0 Å². The van der Waals surface area contributed by atoms with Crippen molar-refractivity contribution in [3.63, 3.8) is 0 Å². The van der Waals surface area contributed by atoms with Gasteiger partial charge < -0.3 is 0 Å². The third-order valence-electron chi connectivity index (χ3n) is 8.77. The molecule has 5 nitrogen and oxygen atoms in total. The smallest absolute Gasteiger partial charge is 0.160 e. The van der Waals surface area contributed by atoms with Crippen LogP contribution in [0, 0.1) is 13.8 Å². The first-order valence-electron chi connectivity index (χ1n) is 16.6. The minimum Gasteiger partial charge on any atom is -0.261 e. The second-order valence-electron chi connectivity index (χ2n) is 12.4. The molecular weight excluding hydrogens is 611 g/mol. The van der Waals surface area contributed by atoms with Gasteiger partial charge in [0.25, 0.3) is 0 Å². The minimum absolute atomic E-state index is 0.670. The minimum atomic E-state index is 0.670. The van der Waals surface area contributed by atoms with Crippen LogP contribution in [0.5, 0.6) is 0 Å². The fourth-order valence-corrected chi connectivity index (χ4v) is 6.32. The fraction of sp³-hybridized carbons (Fsp3) is 0.0444. The van der Waals surface area contributed by atoms with E-state index in [9.17, 15) is 0 Å². The quantitative estimate of drug-likeness (QED) is 0.173. The summed E-state index contributed by atoms with van der Waals surface area (Å²) in [6, 6.07) is 50.8. The van der Waals surface area contributed by atoms with Crippen LogP contribution in [-0.2, 0) is 0 Å². The van der Waals surface area contributed by atoms with Crippen LogP contribution in [0.4, 0.5) is 0 Å². The van der Waals surface area contributed by atoms with Crippen LogP contribution in [0.15, 0.2) is 164 Å². The highest BCUT2D eigenvalue weighted by Gasteiger charge is 2.14. The molecule has 0 amide bonds. The molecule has 0 aliphatic carbocycles. The van der Waals surface area contributed by atoms with Crippen LogP contribution in [0.1, 0.15) is 11.4 Å². The Labute approximate surface area is 292 Å². The predicted molar refractivity (Wildman–Crippen MR) is 203 cm³/mol. The van der Waals surface area contributed by atoms with Crippen LogP contribution < -0.4 is 0 Å². The van der Waals surface area contributed by atoms with E-state index in [0.717, 1.165) is 78.5 Å². The fourth-order valence-electron chi connectivity index (χ4n) is 6.32. The van der Waals surface area contributed by atoms with Crippen LogP contribution >= 0.6 is 0 Å². The molecule has 0 saturated carbocycles. The Kier molecular flexibility index (Phi) is 8.29. The van der Waals surface area contributed by atoms with Gasteiger partial charge in [0.05, 0.1) is 23.3 Å². The summed E-state index contributed by atoms with van der Waals surface area (Å²) in [5.41, 5.74) is 15.3. The second-order valence-corrected chi connectivity index (χ2v) is 12.4. The van der Waals surface area contributed by atoms with Gasteiger partial charge in [-0.25, -0.2) is 9.97 Å². The molecule has 5 aromatic carbocycles. The normalized spacial score (nSPS) is 11.0. The van der Waals surface area contributed by atoms with E-state index in [2.05, 4.69) is 124 Å². The molecule has 0 aliphatic heterocycles. The molecule has 0 saturated heterocycles. The number of benzene rings is 5. The van der Waals surface area contributed by atoms with Gasteiger partial charge in [-0.2, -0.15) is 0 Å². The lowest BCUT2D eigenvalue weighted by Gasteiger charge is -2.14. The highest BCUT2D eigenvalue weighted by molar-refractivity contribution is 5.82. The summed E-state index contributed by atoms with van der Waals surface area (Å²) < 4.78 is 0. The van der Waals surface area contributed by atoms with E-state index >= 15 is 0 Å². The van der Waals surface area contributed by atoms with Crippen LogP contribution in [0.25, 0.3) is 78.5 Å². The highest BCUT2D eigenvalue weighted by Crippen LogP contribution is 2.35. The number of nitrogens with zero attached hydrogens (tertiary/aromatic N) is 5. The summed E-state index contributed by atoms with van der Waals surface area (Å²) in [5, 5.41) is 0. The maximum absolute atomic E-state index is 5.16. The molecule has 0 spiro atoms. The number of hydrogen-bond acceptors (Lipinski definition) is 5. The molecule has 8 rings (SSSR count). The van der Waals surface area contributed by atoms with Gasteiger partial charge in [-0.3, -0.25) is 15.0 Å². The average Bonchev–Trinajstić information content (AvgIpc) is 3.18. The molecule has 0 radical (unpaired) electrons. The number of pyridine rings is 1. The zero-order chi connectivity index (χ0) is 33.9. The third kappa shape index (κ3) is 6.58. The molecule has 0 bridgehead atoms. The Balaban J connectivity index is 1.27. The Hall–Kier alpha value is -6.59. The standard InChI is InChI=1S/C45H33N5/c1-30-23-38(24-31(2)48-30)32-13-15-33(16-14-32)39-25-40(34-17-19-37(20-18-34)44-29-46-21-22-47-44)27-41(26-39)45-49-42(35-9-5-3-6-10-35)28-43(50-45)36-11-7-4-8-12-36/h3-29H,1-2H3. The van der Waals surface area contributed by atoms with Crippen molar-refractivity contribution in [2.45, 2.75) is 13.8 Å². The SMILES string of the molecule is Cc1cc(-c2ccc(-c3cc(-c4ccc(-c5cnccn5)cc4)cc(-c4nc(-c5ccccc5)cc(-c5ccccc5)n4)c3)cc2)cc(C)n1. The van der Waals surface area contributed by atoms with Crippen LogP contribution in [0.2, 0.25) is 0 Å². The molecule has 8 aromatic rings. The molecule has 238 valence electrons. The molecule has 0 unspecified atom stereocenters. The molecular formula is C45H33N5. The monoisotopic (exact) mass is 643 g/mol. The Morgan fingerprint density at radius 3 is 1.26 bits per heavy atom. The van der Waals surface area contributed by atoms with Crippen molar-refractivity contribution in [1.82, 2.24) is 24.9 Å². The summed E-state index contributed by atoms with van der Waals surface area (Å²) >= 11 is 0. The highest BCUT2D eigenvalue weighted by atomic mass is 14.9. The summed E-state index contributed by atoms with van der Waals surface area (Å²) in [7, 11) is 0. The molecule has 3 heterocycles. The maximum Gasteiger partial charge on any atom is 0.160 e. The first-order chi connectivity index (χ1) is 24.6. The summed E-state index contributed by atoms with van der Waals surface area (Å²) in [5.74, 6) is 0.670. The molecule has 50 heavy (non-hydrogen) atoms. The summed E-state index contributed by atoms with van der Waals surface area (Å²) in [4.78, 5) is 23.6. The first-order valence-corrected chi connectivity index (χ1v) is 16.6. The van der Waals surface area contributed by atoms with Crippen LogP contribution in [-0.4, -0.2) is 24.9 Å². The van der Waals surface area contributed by atoms with Crippen molar-refractivity contribution >= 4 is 0 Å². The maximum atomic E-state index is 5.16. The van der Waals surface area contributed by atoms with Gasteiger partial charge in [-0.15, -0.1) is 0 Å². The van der Waals surface area contributed by atoms with Crippen molar-refractivity contribution < 1.29 is 0 Å².